The third-order valence-electron chi connectivity index (χ3n) is 6.28. The molecule has 0 atom stereocenters. The number of benzene rings is 1. The van der Waals surface area contributed by atoms with E-state index in [1.807, 2.05) is 55.9 Å². The SMILES string of the molecule is CCCCc1c(-c2c(C)n(C)n(-c3ccccc3)c2=O)c(C(N)=O)c(C)n1C1CC1. The van der Waals surface area contributed by atoms with Gasteiger partial charge in [0.1, 0.15) is 0 Å². The van der Waals surface area contributed by atoms with E-state index in [9.17, 15) is 9.59 Å². The highest BCUT2D eigenvalue weighted by Gasteiger charge is 2.35. The first kappa shape index (κ1) is 20.3. The van der Waals surface area contributed by atoms with Crippen molar-refractivity contribution in [1.29, 1.82) is 0 Å². The van der Waals surface area contributed by atoms with Gasteiger partial charge in [-0.25, -0.2) is 4.68 Å². The van der Waals surface area contributed by atoms with Crippen molar-refractivity contribution in [2.75, 3.05) is 0 Å². The predicted octanol–water partition coefficient (Wildman–Crippen LogP) is 4.04. The number of nitrogens with two attached hydrogens (primary N) is 1. The zero-order valence-corrected chi connectivity index (χ0v) is 18.2. The normalized spacial score (nSPS) is 13.7. The van der Waals surface area contributed by atoms with Crippen LogP contribution in [0.1, 0.15) is 66.1 Å². The third-order valence-corrected chi connectivity index (χ3v) is 6.28. The molecule has 1 amide bonds. The maximum absolute atomic E-state index is 13.7. The lowest BCUT2D eigenvalue weighted by atomic mass is 9.98. The van der Waals surface area contributed by atoms with E-state index in [2.05, 4.69) is 11.5 Å². The van der Waals surface area contributed by atoms with Crippen molar-refractivity contribution in [3.05, 3.63) is 63.3 Å². The van der Waals surface area contributed by atoms with E-state index < -0.39 is 5.91 Å². The molecule has 1 aromatic carbocycles. The van der Waals surface area contributed by atoms with E-state index in [0.29, 0.717) is 17.2 Å². The quantitative estimate of drug-likeness (QED) is 0.643. The molecular formula is C24H30N4O2. The van der Waals surface area contributed by atoms with Crippen LogP contribution in [0.3, 0.4) is 0 Å². The first-order chi connectivity index (χ1) is 14.4. The van der Waals surface area contributed by atoms with Crippen LogP contribution in [0.2, 0.25) is 0 Å². The summed E-state index contributed by atoms with van der Waals surface area (Å²) >= 11 is 0. The lowest BCUT2D eigenvalue weighted by molar-refractivity contribution is 0.1000. The number of carbonyl (C=O) groups excluding carboxylic acids is 1. The number of primary amides is 1. The van der Waals surface area contributed by atoms with Gasteiger partial charge in [0, 0.05) is 35.7 Å². The van der Waals surface area contributed by atoms with E-state index in [1.165, 1.54) is 0 Å². The van der Waals surface area contributed by atoms with Crippen LogP contribution in [-0.2, 0) is 13.5 Å². The van der Waals surface area contributed by atoms with Crippen LogP contribution in [-0.4, -0.2) is 19.8 Å². The van der Waals surface area contributed by atoms with Crippen LogP contribution < -0.4 is 11.3 Å². The molecule has 1 fully saturated rings. The number of nitrogens with zero attached hydrogens (tertiary/aromatic N) is 3. The van der Waals surface area contributed by atoms with Crippen molar-refractivity contribution in [2.45, 2.75) is 58.9 Å². The minimum Gasteiger partial charge on any atom is -0.366 e. The first-order valence-electron chi connectivity index (χ1n) is 10.8. The molecule has 3 aromatic rings. The van der Waals surface area contributed by atoms with Gasteiger partial charge in [-0.3, -0.25) is 14.3 Å². The molecule has 0 spiro atoms. The standard InChI is InChI=1S/C24H30N4O2/c1-5-6-12-19-22(20(23(25)29)16(3)27(19)17-13-14-17)21-15(2)26(4)28(24(21)30)18-10-8-7-9-11-18/h7-11,17H,5-6,12-14H2,1-4H3,(H2,25,29). The number of aromatic nitrogens is 3. The molecule has 2 N–H and O–H groups in total. The molecule has 1 aliphatic rings. The van der Waals surface area contributed by atoms with Gasteiger partial charge in [0.15, 0.2) is 0 Å². The number of hydrogen-bond acceptors (Lipinski definition) is 2. The molecule has 1 aliphatic carbocycles. The van der Waals surface area contributed by atoms with Gasteiger partial charge in [-0.2, -0.15) is 0 Å². The minimum absolute atomic E-state index is 0.116. The van der Waals surface area contributed by atoms with Crippen LogP contribution in [0, 0.1) is 13.8 Å². The summed E-state index contributed by atoms with van der Waals surface area (Å²) in [7, 11) is 1.88. The Morgan fingerprint density at radius 3 is 2.33 bits per heavy atom. The number of unbranched alkanes of at least 4 members (excludes halogenated alkanes) is 1. The highest BCUT2D eigenvalue weighted by molar-refractivity contribution is 6.02. The van der Waals surface area contributed by atoms with Crippen molar-refractivity contribution in [1.82, 2.24) is 13.9 Å². The van der Waals surface area contributed by atoms with Gasteiger partial charge in [0.25, 0.3) is 11.5 Å². The summed E-state index contributed by atoms with van der Waals surface area (Å²) in [6.07, 6.45) is 5.08. The van der Waals surface area contributed by atoms with Gasteiger partial charge in [0.2, 0.25) is 0 Å². The summed E-state index contributed by atoms with van der Waals surface area (Å²) in [6, 6.07) is 10.00. The van der Waals surface area contributed by atoms with Crippen LogP contribution >= 0.6 is 0 Å². The average molecular weight is 407 g/mol. The molecule has 0 bridgehead atoms. The molecule has 6 heteroatoms. The van der Waals surface area contributed by atoms with Crippen molar-refractivity contribution in [2.24, 2.45) is 12.8 Å². The Morgan fingerprint density at radius 1 is 1.10 bits per heavy atom. The largest absolute Gasteiger partial charge is 0.366 e. The summed E-state index contributed by atoms with van der Waals surface area (Å²) in [5.41, 5.74) is 11.2. The number of rotatable bonds is 7. The van der Waals surface area contributed by atoms with Crippen LogP contribution in [0.15, 0.2) is 35.1 Å². The second-order valence-electron chi connectivity index (χ2n) is 8.29. The Labute approximate surface area is 176 Å². The fourth-order valence-electron chi connectivity index (χ4n) is 4.61. The van der Waals surface area contributed by atoms with Gasteiger partial charge in [-0.05, 0) is 51.7 Å². The second-order valence-corrected chi connectivity index (χ2v) is 8.29. The Balaban J connectivity index is 2.05. The molecule has 0 unspecified atom stereocenters. The second kappa shape index (κ2) is 7.67. The molecular weight excluding hydrogens is 376 g/mol. The molecule has 2 aromatic heterocycles. The van der Waals surface area contributed by atoms with Gasteiger partial charge in [-0.15, -0.1) is 0 Å². The molecule has 2 heterocycles. The zero-order chi connectivity index (χ0) is 21.6. The topological polar surface area (TPSA) is 75.0 Å². The van der Waals surface area contributed by atoms with E-state index in [4.69, 9.17) is 5.73 Å². The summed E-state index contributed by atoms with van der Waals surface area (Å²) in [4.78, 5) is 26.3. The molecule has 158 valence electrons. The first-order valence-corrected chi connectivity index (χ1v) is 10.8. The predicted molar refractivity (Wildman–Crippen MR) is 119 cm³/mol. The van der Waals surface area contributed by atoms with E-state index in [1.54, 1.807) is 4.68 Å². The van der Waals surface area contributed by atoms with Crippen molar-refractivity contribution in [3.8, 4) is 16.8 Å². The van der Waals surface area contributed by atoms with Gasteiger partial charge in [0.05, 0.1) is 16.8 Å². The molecule has 30 heavy (non-hydrogen) atoms. The van der Waals surface area contributed by atoms with E-state index >= 15 is 0 Å². The number of para-hydroxylation sites is 1. The van der Waals surface area contributed by atoms with Gasteiger partial charge in [-0.1, -0.05) is 31.5 Å². The smallest absolute Gasteiger partial charge is 0.279 e. The summed E-state index contributed by atoms with van der Waals surface area (Å²) in [5.74, 6) is -0.464. The summed E-state index contributed by atoms with van der Waals surface area (Å²) < 4.78 is 5.82. The molecule has 0 aliphatic heterocycles. The molecule has 0 saturated heterocycles. The van der Waals surface area contributed by atoms with Crippen LogP contribution in [0.5, 0.6) is 0 Å². The summed E-state index contributed by atoms with van der Waals surface area (Å²) in [6.45, 7) is 6.06. The minimum atomic E-state index is -0.464. The van der Waals surface area contributed by atoms with E-state index in [-0.39, 0.29) is 5.56 Å². The van der Waals surface area contributed by atoms with Gasteiger partial charge < -0.3 is 10.3 Å². The molecule has 6 nitrogen and oxygen atoms in total. The molecule has 1 saturated carbocycles. The van der Waals surface area contributed by atoms with Crippen LogP contribution in [0.25, 0.3) is 16.8 Å². The van der Waals surface area contributed by atoms with Crippen molar-refractivity contribution in [3.63, 3.8) is 0 Å². The lowest BCUT2D eigenvalue weighted by Gasteiger charge is -2.11. The number of carbonyl (C=O) groups is 1. The Morgan fingerprint density at radius 2 is 1.77 bits per heavy atom. The highest BCUT2D eigenvalue weighted by atomic mass is 16.1. The van der Waals surface area contributed by atoms with Gasteiger partial charge >= 0.3 is 0 Å². The fraction of sp³-hybridized carbons (Fsp3) is 0.417. The Hall–Kier alpha value is -3.02. The average Bonchev–Trinajstić information content (AvgIpc) is 3.47. The number of hydrogen-bond donors (Lipinski definition) is 1. The molecule has 0 radical (unpaired) electrons. The Kier molecular flexibility index (Phi) is 5.18. The monoisotopic (exact) mass is 406 g/mol. The maximum Gasteiger partial charge on any atom is 0.279 e. The highest BCUT2D eigenvalue weighted by Crippen LogP contribution is 2.43. The maximum atomic E-state index is 13.7. The van der Waals surface area contributed by atoms with Crippen molar-refractivity contribution >= 4 is 5.91 Å². The van der Waals surface area contributed by atoms with E-state index in [0.717, 1.165) is 60.4 Å². The summed E-state index contributed by atoms with van der Waals surface area (Å²) in [5, 5.41) is 0. The van der Waals surface area contributed by atoms with Crippen molar-refractivity contribution < 1.29 is 4.79 Å². The van der Waals surface area contributed by atoms with Crippen LogP contribution in [0.4, 0.5) is 0 Å². The Bertz CT molecular complexity index is 1160. The fourth-order valence-corrected chi connectivity index (χ4v) is 4.61. The molecule has 4 rings (SSSR count). The number of amides is 1. The third kappa shape index (κ3) is 3.11. The zero-order valence-electron chi connectivity index (χ0n) is 18.2. The lowest BCUT2D eigenvalue weighted by Crippen LogP contribution is -2.21.